The van der Waals surface area contributed by atoms with Crippen molar-refractivity contribution in [2.75, 3.05) is 0 Å². The molecular weight excluding hydrogens is 118 g/mol. The summed E-state index contributed by atoms with van der Waals surface area (Å²) in [5.74, 6) is 0.521. The standard InChI is InChI=1S/C6H6NO2/c8-7-9-6-4-2-1-3-5-6/h1-5,7H/q-1. The number of nitrogens with one attached hydrogen (secondary N) is 1. The number of hydrogen-bond acceptors (Lipinski definition) is 3. The van der Waals surface area contributed by atoms with Crippen LogP contribution in [0.15, 0.2) is 30.3 Å². The van der Waals surface area contributed by atoms with Crippen molar-refractivity contribution in [3.8, 4) is 5.75 Å². The first-order valence-electron chi connectivity index (χ1n) is 2.52. The largest absolute Gasteiger partial charge is 0.755 e. The number of rotatable bonds is 2. The summed E-state index contributed by atoms with van der Waals surface area (Å²) in [6.07, 6.45) is 0. The Bertz CT molecular complexity index is 164. The van der Waals surface area contributed by atoms with Crippen molar-refractivity contribution in [1.82, 2.24) is 5.64 Å². The highest BCUT2D eigenvalue weighted by Crippen LogP contribution is 2.05. The van der Waals surface area contributed by atoms with E-state index in [1.807, 2.05) is 6.07 Å². The van der Waals surface area contributed by atoms with Crippen LogP contribution in [0.3, 0.4) is 0 Å². The molecule has 0 aliphatic carbocycles. The lowest BCUT2D eigenvalue weighted by atomic mass is 10.3. The van der Waals surface area contributed by atoms with Crippen molar-refractivity contribution >= 4 is 0 Å². The van der Waals surface area contributed by atoms with E-state index in [1.165, 1.54) is 5.64 Å². The van der Waals surface area contributed by atoms with Gasteiger partial charge in [-0.25, -0.2) is 5.64 Å². The topological polar surface area (TPSA) is 44.3 Å². The molecule has 0 fully saturated rings. The fourth-order valence-corrected chi connectivity index (χ4v) is 0.537. The summed E-state index contributed by atoms with van der Waals surface area (Å²) in [4.78, 5) is 4.40. The molecule has 0 atom stereocenters. The molecule has 0 aromatic heterocycles. The fraction of sp³-hybridized carbons (Fsp3) is 0. The Kier molecular flexibility index (Phi) is 2.06. The lowest BCUT2D eigenvalue weighted by Gasteiger charge is -2.07. The molecule has 0 aliphatic rings. The molecule has 0 amide bonds. The Balaban J connectivity index is 2.61. The van der Waals surface area contributed by atoms with Crippen LogP contribution in [-0.2, 0) is 0 Å². The first-order valence-corrected chi connectivity index (χ1v) is 2.52. The van der Waals surface area contributed by atoms with E-state index in [4.69, 9.17) is 0 Å². The first kappa shape index (κ1) is 6.07. The quantitative estimate of drug-likeness (QED) is 0.599. The minimum Gasteiger partial charge on any atom is -0.755 e. The smallest absolute Gasteiger partial charge is 0.145 e. The first-order chi connectivity index (χ1) is 4.43. The highest BCUT2D eigenvalue weighted by atomic mass is 16.8. The predicted octanol–water partition coefficient (Wildman–Crippen LogP) is 1.07. The van der Waals surface area contributed by atoms with Gasteiger partial charge in [0.05, 0.1) is 0 Å². The second kappa shape index (κ2) is 3.06. The summed E-state index contributed by atoms with van der Waals surface area (Å²) in [6, 6.07) is 8.78. The average Bonchev–Trinajstić information content (AvgIpc) is 1.91. The van der Waals surface area contributed by atoms with Crippen LogP contribution in [0, 0.1) is 5.21 Å². The zero-order valence-corrected chi connectivity index (χ0v) is 4.70. The van der Waals surface area contributed by atoms with E-state index in [2.05, 4.69) is 4.84 Å². The Morgan fingerprint density at radius 2 is 1.89 bits per heavy atom. The zero-order chi connectivity index (χ0) is 6.53. The van der Waals surface area contributed by atoms with Crippen molar-refractivity contribution < 1.29 is 4.84 Å². The minimum absolute atomic E-state index is 0.521. The van der Waals surface area contributed by atoms with Crippen LogP contribution in [0.25, 0.3) is 0 Å². The summed E-state index contributed by atoms with van der Waals surface area (Å²) in [5.41, 5.74) is 1.33. The summed E-state index contributed by atoms with van der Waals surface area (Å²) in [6.45, 7) is 0. The lowest BCUT2D eigenvalue weighted by molar-refractivity contribution is 0.243. The molecule has 0 saturated heterocycles. The molecule has 0 radical (unpaired) electrons. The molecule has 1 rings (SSSR count). The number of hydrogen-bond donors (Lipinski definition) is 1. The summed E-state index contributed by atoms with van der Waals surface area (Å²) < 4.78 is 0. The van der Waals surface area contributed by atoms with Crippen molar-refractivity contribution in [2.24, 2.45) is 0 Å². The van der Waals surface area contributed by atoms with Gasteiger partial charge in [0.2, 0.25) is 0 Å². The van der Waals surface area contributed by atoms with Crippen LogP contribution >= 0.6 is 0 Å². The maximum absolute atomic E-state index is 9.63. The van der Waals surface area contributed by atoms with Crippen LogP contribution < -0.4 is 10.5 Å². The second-order valence-corrected chi connectivity index (χ2v) is 1.50. The predicted molar refractivity (Wildman–Crippen MR) is 33.6 cm³/mol. The number of benzene rings is 1. The molecule has 9 heavy (non-hydrogen) atoms. The Morgan fingerprint density at radius 1 is 1.22 bits per heavy atom. The van der Waals surface area contributed by atoms with Gasteiger partial charge in [0.25, 0.3) is 0 Å². The highest BCUT2D eigenvalue weighted by Gasteiger charge is 1.82. The van der Waals surface area contributed by atoms with Gasteiger partial charge in [-0.3, -0.25) is 0 Å². The zero-order valence-electron chi connectivity index (χ0n) is 4.70. The maximum Gasteiger partial charge on any atom is 0.145 e. The van der Waals surface area contributed by atoms with Crippen LogP contribution in [0.5, 0.6) is 5.75 Å². The Labute approximate surface area is 52.8 Å². The average molecular weight is 124 g/mol. The van der Waals surface area contributed by atoms with Gasteiger partial charge in [-0.1, -0.05) is 18.2 Å². The minimum atomic E-state index is 0.521. The van der Waals surface area contributed by atoms with E-state index in [0.29, 0.717) is 5.75 Å². The monoisotopic (exact) mass is 124 g/mol. The van der Waals surface area contributed by atoms with Crippen LogP contribution in [0.2, 0.25) is 0 Å². The summed E-state index contributed by atoms with van der Waals surface area (Å²) in [7, 11) is 0. The van der Waals surface area contributed by atoms with Gasteiger partial charge in [0.15, 0.2) is 0 Å². The van der Waals surface area contributed by atoms with Gasteiger partial charge >= 0.3 is 0 Å². The van der Waals surface area contributed by atoms with Crippen molar-refractivity contribution in [3.63, 3.8) is 0 Å². The van der Waals surface area contributed by atoms with Crippen LogP contribution in [0.1, 0.15) is 0 Å². The van der Waals surface area contributed by atoms with Crippen LogP contribution in [-0.4, -0.2) is 0 Å². The second-order valence-electron chi connectivity index (χ2n) is 1.50. The Morgan fingerprint density at radius 3 is 2.44 bits per heavy atom. The van der Waals surface area contributed by atoms with Crippen LogP contribution in [0.4, 0.5) is 0 Å². The van der Waals surface area contributed by atoms with E-state index in [9.17, 15) is 5.21 Å². The molecule has 0 saturated carbocycles. The normalized spacial score (nSPS) is 9.00. The van der Waals surface area contributed by atoms with Gasteiger partial charge in [0.1, 0.15) is 5.75 Å². The molecule has 0 heterocycles. The van der Waals surface area contributed by atoms with Crippen molar-refractivity contribution in [2.45, 2.75) is 0 Å². The molecule has 0 spiro atoms. The summed E-state index contributed by atoms with van der Waals surface area (Å²) in [5, 5.41) is 9.63. The molecule has 48 valence electrons. The number of para-hydroxylation sites is 1. The maximum atomic E-state index is 9.63. The highest BCUT2D eigenvalue weighted by molar-refractivity contribution is 5.20. The third-order valence-corrected chi connectivity index (χ3v) is 0.903. The van der Waals surface area contributed by atoms with Gasteiger partial charge in [-0.2, -0.15) is 0 Å². The van der Waals surface area contributed by atoms with Gasteiger partial charge in [-0.15, -0.1) is 0 Å². The molecular formula is C6H6NO2-. The summed E-state index contributed by atoms with van der Waals surface area (Å²) >= 11 is 0. The Hall–Kier alpha value is -1.06. The molecule has 0 unspecified atom stereocenters. The third kappa shape index (κ3) is 1.71. The van der Waals surface area contributed by atoms with E-state index < -0.39 is 0 Å². The molecule has 3 nitrogen and oxygen atoms in total. The molecule has 1 N–H and O–H groups in total. The van der Waals surface area contributed by atoms with Crippen molar-refractivity contribution in [1.29, 1.82) is 0 Å². The molecule has 1 aromatic rings. The van der Waals surface area contributed by atoms with Crippen molar-refractivity contribution in [3.05, 3.63) is 35.5 Å². The van der Waals surface area contributed by atoms with E-state index in [0.717, 1.165) is 0 Å². The van der Waals surface area contributed by atoms with E-state index in [-0.39, 0.29) is 0 Å². The SMILES string of the molecule is [O-]NOc1ccccc1. The lowest BCUT2D eigenvalue weighted by Crippen LogP contribution is -2.07. The molecule has 3 heteroatoms. The van der Waals surface area contributed by atoms with Gasteiger partial charge < -0.3 is 10.0 Å². The molecule has 0 aliphatic heterocycles. The fourth-order valence-electron chi connectivity index (χ4n) is 0.537. The third-order valence-electron chi connectivity index (χ3n) is 0.903. The van der Waals surface area contributed by atoms with E-state index in [1.54, 1.807) is 24.3 Å². The molecule has 1 aromatic carbocycles. The van der Waals surface area contributed by atoms with Gasteiger partial charge in [-0.05, 0) is 12.1 Å². The van der Waals surface area contributed by atoms with Gasteiger partial charge in [0, 0.05) is 0 Å². The molecule has 0 bridgehead atoms. The van der Waals surface area contributed by atoms with E-state index >= 15 is 0 Å².